The summed E-state index contributed by atoms with van der Waals surface area (Å²) >= 11 is 0. The van der Waals surface area contributed by atoms with Gasteiger partial charge in [-0.1, -0.05) is 60.2 Å². The Kier molecular flexibility index (Phi) is 4.77. The predicted octanol–water partition coefficient (Wildman–Crippen LogP) is 6.34. The monoisotopic (exact) mass is 366 g/mol. The van der Waals surface area contributed by atoms with Crippen molar-refractivity contribution in [1.82, 2.24) is 0 Å². The maximum atomic E-state index is 2.40. The molecule has 140 valence electrons. The van der Waals surface area contributed by atoms with Crippen LogP contribution >= 0.6 is 0 Å². The summed E-state index contributed by atoms with van der Waals surface area (Å²) in [6, 6.07) is 24.5. The average Bonchev–Trinajstić information content (AvgIpc) is 3.06. The van der Waals surface area contributed by atoms with Gasteiger partial charge in [-0.25, -0.2) is 0 Å². The fourth-order valence-corrected chi connectivity index (χ4v) is 4.44. The summed E-state index contributed by atoms with van der Waals surface area (Å²) in [6.45, 7) is 12.0. The fraction of sp³-hybridized carbons (Fsp3) is 0.222. The van der Waals surface area contributed by atoms with Crippen molar-refractivity contribution >= 4 is 0 Å². The SMILES string of the molecule is Cc1cc(C)c2ccc(-c3cc(C)[n+](Cc4ccccc4)c(C)c3)c-2c(C)c1. The molecule has 4 rings (SSSR count). The summed E-state index contributed by atoms with van der Waals surface area (Å²) < 4.78 is 2.40. The molecule has 0 aliphatic heterocycles. The molecule has 2 aliphatic rings. The number of fused-ring (bicyclic) bond motifs is 1. The van der Waals surface area contributed by atoms with Gasteiger partial charge in [-0.15, -0.1) is 0 Å². The van der Waals surface area contributed by atoms with Crippen molar-refractivity contribution in [2.75, 3.05) is 0 Å². The van der Waals surface area contributed by atoms with Gasteiger partial charge >= 0.3 is 0 Å². The van der Waals surface area contributed by atoms with Crippen molar-refractivity contribution in [2.24, 2.45) is 0 Å². The first kappa shape index (κ1) is 18.4. The number of hydrogen-bond acceptors (Lipinski definition) is 0. The third kappa shape index (κ3) is 3.33. The summed E-state index contributed by atoms with van der Waals surface area (Å²) in [7, 11) is 0. The maximum Gasteiger partial charge on any atom is 0.179 e. The highest BCUT2D eigenvalue weighted by Crippen LogP contribution is 2.39. The summed E-state index contributed by atoms with van der Waals surface area (Å²) in [5, 5.41) is 0. The molecule has 28 heavy (non-hydrogen) atoms. The Morgan fingerprint density at radius 1 is 0.643 bits per heavy atom. The number of benzene rings is 1. The lowest BCUT2D eigenvalue weighted by Gasteiger charge is -2.10. The number of hydrogen-bond donors (Lipinski definition) is 0. The molecule has 0 fully saturated rings. The Hall–Kier alpha value is -2.93. The molecular weight excluding hydrogens is 338 g/mol. The number of aryl methyl sites for hydroxylation is 5. The molecule has 0 saturated heterocycles. The van der Waals surface area contributed by atoms with Crippen molar-refractivity contribution in [3.63, 3.8) is 0 Å². The maximum absolute atomic E-state index is 2.40. The third-order valence-corrected chi connectivity index (χ3v) is 5.74. The molecule has 1 nitrogen and oxygen atoms in total. The molecule has 0 atom stereocenters. The van der Waals surface area contributed by atoms with Crippen molar-refractivity contribution in [1.29, 1.82) is 0 Å². The highest BCUT2D eigenvalue weighted by Gasteiger charge is 2.19. The van der Waals surface area contributed by atoms with Crippen LogP contribution in [0.5, 0.6) is 0 Å². The van der Waals surface area contributed by atoms with Gasteiger partial charge in [0, 0.05) is 31.5 Å². The van der Waals surface area contributed by atoms with E-state index in [9.17, 15) is 0 Å². The third-order valence-electron chi connectivity index (χ3n) is 5.74. The minimum absolute atomic E-state index is 0.910. The Bertz CT molecular complexity index is 1100. The lowest BCUT2D eigenvalue weighted by Crippen LogP contribution is -2.40. The van der Waals surface area contributed by atoms with Gasteiger partial charge in [0.2, 0.25) is 0 Å². The second-order valence-electron chi connectivity index (χ2n) is 8.03. The molecule has 0 unspecified atom stereocenters. The largest absolute Gasteiger partial charge is 0.196 e. The van der Waals surface area contributed by atoms with Crippen LogP contribution in [0.15, 0.2) is 66.7 Å². The van der Waals surface area contributed by atoms with Crippen LogP contribution in [-0.4, -0.2) is 0 Å². The van der Waals surface area contributed by atoms with E-state index in [2.05, 4.69) is 106 Å². The molecule has 1 heteroatoms. The van der Waals surface area contributed by atoms with Gasteiger partial charge in [-0.05, 0) is 54.2 Å². The molecule has 0 N–H and O–H groups in total. The van der Waals surface area contributed by atoms with Gasteiger partial charge in [-0.2, -0.15) is 4.57 Å². The van der Waals surface area contributed by atoms with Crippen molar-refractivity contribution in [3.05, 3.63) is 100 Å². The molecule has 2 aliphatic carbocycles. The van der Waals surface area contributed by atoms with E-state index in [0.717, 1.165) is 6.54 Å². The van der Waals surface area contributed by atoms with Crippen molar-refractivity contribution < 1.29 is 4.57 Å². The number of rotatable bonds is 3. The summed E-state index contributed by atoms with van der Waals surface area (Å²) in [4.78, 5) is 0. The predicted molar refractivity (Wildman–Crippen MR) is 118 cm³/mol. The Balaban J connectivity index is 1.82. The molecule has 1 aromatic heterocycles. The second-order valence-corrected chi connectivity index (χ2v) is 8.03. The molecular formula is C27H28N+. The topological polar surface area (TPSA) is 3.88 Å². The van der Waals surface area contributed by atoms with Gasteiger partial charge in [0.25, 0.3) is 0 Å². The molecule has 2 aromatic rings. The van der Waals surface area contributed by atoms with Crippen LogP contribution in [0.25, 0.3) is 22.3 Å². The minimum Gasteiger partial charge on any atom is -0.196 e. The molecule has 0 bridgehead atoms. The first-order chi connectivity index (χ1) is 13.4. The van der Waals surface area contributed by atoms with Crippen molar-refractivity contribution in [2.45, 2.75) is 41.2 Å². The van der Waals surface area contributed by atoms with Crippen LogP contribution in [0.2, 0.25) is 0 Å². The summed E-state index contributed by atoms with van der Waals surface area (Å²) in [5.41, 5.74) is 13.3. The van der Waals surface area contributed by atoms with Crippen LogP contribution < -0.4 is 4.57 Å². The fourth-order valence-electron chi connectivity index (χ4n) is 4.44. The van der Waals surface area contributed by atoms with Crippen LogP contribution in [0.1, 0.15) is 33.6 Å². The van der Waals surface area contributed by atoms with Crippen LogP contribution in [0.3, 0.4) is 0 Å². The minimum atomic E-state index is 0.910. The summed E-state index contributed by atoms with van der Waals surface area (Å²) in [6.07, 6.45) is 0. The van der Waals surface area contributed by atoms with E-state index in [1.54, 1.807) is 0 Å². The molecule has 0 saturated carbocycles. The highest BCUT2D eigenvalue weighted by molar-refractivity contribution is 5.89. The zero-order valence-electron chi connectivity index (χ0n) is 17.5. The number of nitrogens with zero attached hydrogens (tertiary/aromatic N) is 1. The zero-order chi connectivity index (χ0) is 19.8. The molecule has 1 aromatic carbocycles. The first-order valence-corrected chi connectivity index (χ1v) is 10.00. The van der Waals surface area contributed by atoms with E-state index in [4.69, 9.17) is 0 Å². The van der Waals surface area contributed by atoms with E-state index in [1.807, 2.05) is 0 Å². The van der Waals surface area contributed by atoms with Gasteiger partial charge in [0.1, 0.15) is 0 Å². The number of pyridine rings is 1. The molecule has 0 spiro atoms. The quantitative estimate of drug-likeness (QED) is 0.373. The highest BCUT2D eigenvalue weighted by atomic mass is 15.0. The standard InChI is InChI=1S/C27H28N/c1-18-13-19(2)25-11-12-26(27(25)20(3)14-18)24-15-21(4)28(22(5)16-24)17-23-9-7-6-8-10-23/h6-16H,17H2,1-5H3/q+1. The lowest BCUT2D eigenvalue weighted by molar-refractivity contribution is -0.700. The van der Waals surface area contributed by atoms with Crippen LogP contribution in [0.4, 0.5) is 0 Å². The van der Waals surface area contributed by atoms with E-state index in [-0.39, 0.29) is 0 Å². The molecule has 1 heterocycles. The van der Waals surface area contributed by atoms with Crippen LogP contribution in [-0.2, 0) is 6.54 Å². The van der Waals surface area contributed by atoms with Crippen LogP contribution in [0, 0.1) is 34.6 Å². The molecule has 0 radical (unpaired) electrons. The van der Waals surface area contributed by atoms with Gasteiger partial charge in [-0.3, -0.25) is 0 Å². The van der Waals surface area contributed by atoms with E-state index in [0.29, 0.717) is 0 Å². The zero-order valence-corrected chi connectivity index (χ0v) is 17.5. The van der Waals surface area contributed by atoms with E-state index >= 15 is 0 Å². The Morgan fingerprint density at radius 2 is 1.25 bits per heavy atom. The van der Waals surface area contributed by atoms with Gasteiger partial charge in [0.05, 0.1) is 0 Å². The van der Waals surface area contributed by atoms with Gasteiger partial charge < -0.3 is 0 Å². The summed E-state index contributed by atoms with van der Waals surface area (Å²) in [5.74, 6) is 0. The Labute approximate surface area is 168 Å². The average molecular weight is 367 g/mol. The van der Waals surface area contributed by atoms with E-state index in [1.165, 1.54) is 55.9 Å². The number of aromatic nitrogens is 1. The second kappa shape index (κ2) is 7.24. The molecule has 0 amide bonds. The smallest absolute Gasteiger partial charge is 0.179 e. The van der Waals surface area contributed by atoms with Gasteiger partial charge in [0.15, 0.2) is 17.9 Å². The lowest BCUT2D eigenvalue weighted by atomic mass is 9.97. The first-order valence-electron chi connectivity index (χ1n) is 10.00. The normalized spacial score (nSPS) is 11.2. The van der Waals surface area contributed by atoms with Crippen molar-refractivity contribution in [3.8, 4) is 22.3 Å². The van der Waals surface area contributed by atoms with E-state index < -0.39 is 0 Å². The Morgan fingerprint density at radius 3 is 1.93 bits per heavy atom.